The normalized spacial score (nSPS) is 10.8. The Bertz CT molecular complexity index is 671. The molecule has 0 fully saturated rings. The highest BCUT2D eigenvalue weighted by molar-refractivity contribution is 6.85. The zero-order valence-electron chi connectivity index (χ0n) is 12.4. The first-order chi connectivity index (χ1) is 10.8. The molecule has 2 heteroatoms. The summed E-state index contributed by atoms with van der Waals surface area (Å²) in [6.07, 6.45) is 1.07. The van der Waals surface area contributed by atoms with Gasteiger partial charge in [0.2, 0.25) is 0 Å². The summed E-state index contributed by atoms with van der Waals surface area (Å²) in [6, 6.07) is 31.2. The van der Waals surface area contributed by atoms with E-state index in [2.05, 4.69) is 72.8 Å². The predicted octanol–water partition coefficient (Wildman–Crippen LogP) is 4.19. The fourth-order valence-electron chi connectivity index (χ4n) is 2.70. The summed E-state index contributed by atoms with van der Waals surface area (Å²) < 4.78 is 0. The molecule has 0 saturated carbocycles. The van der Waals surface area contributed by atoms with Gasteiger partial charge in [0.05, 0.1) is 0 Å². The van der Waals surface area contributed by atoms with Crippen LogP contribution in [0.5, 0.6) is 0 Å². The van der Waals surface area contributed by atoms with Gasteiger partial charge in [0.15, 0.2) is 0 Å². The third-order valence-corrected chi connectivity index (χ3v) is 6.84. The highest BCUT2D eigenvalue weighted by Crippen LogP contribution is 2.13. The molecule has 0 aromatic heterocycles. The van der Waals surface area contributed by atoms with Crippen LogP contribution < -0.4 is 10.4 Å². The van der Waals surface area contributed by atoms with Crippen LogP contribution in [-0.2, 0) is 6.42 Å². The second-order valence-electron chi connectivity index (χ2n) is 5.34. The van der Waals surface area contributed by atoms with E-state index >= 15 is 0 Å². The van der Waals surface area contributed by atoms with Gasteiger partial charge in [-0.2, -0.15) is 0 Å². The predicted molar refractivity (Wildman–Crippen MR) is 97.9 cm³/mol. The third kappa shape index (κ3) is 3.88. The molecule has 109 valence electrons. The largest absolute Gasteiger partial charge is 0.121 e. The van der Waals surface area contributed by atoms with Gasteiger partial charge in [-0.25, -0.2) is 0 Å². The van der Waals surface area contributed by atoms with Gasteiger partial charge in [-0.1, -0.05) is 94.8 Å². The molecule has 0 nitrogen and oxygen atoms in total. The van der Waals surface area contributed by atoms with Crippen LogP contribution >= 0.6 is 11.6 Å². The van der Waals surface area contributed by atoms with Gasteiger partial charge in [-0.05, 0) is 30.2 Å². The number of halogens is 1. The second-order valence-corrected chi connectivity index (χ2v) is 8.39. The lowest BCUT2D eigenvalue weighted by Crippen LogP contribution is -2.42. The minimum Gasteiger partial charge on any atom is -0.0843 e. The number of benzene rings is 3. The lowest BCUT2D eigenvalue weighted by atomic mass is 10.2. The van der Waals surface area contributed by atoms with E-state index in [4.69, 9.17) is 11.6 Å². The molecule has 0 atom stereocenters. The quantitative estimate of drug-likeness (QED) is 0.618. The molecule has 1 radical (unpaired) electrons. The number of hydrogen-bond acceptors (Lipinski definition) is 0. The van der Waals surface area contributed by atoms with Crippen molar-refractivity contribution < 1.29 is 0 Å². The van der Waals surface area contributed by atoms with Crippen LogP contribution in [0.15, 0.2) is 84.9 Å². The molecule has 0 heterocycles. The molecule has 0 amide bonds. The van der Waals surface area contributed by atoms with E-state index in [0.717, 1.165) is 11.4 Å². The molecule has 0 aliphatic carbocycles. The molecule has 0 spiro atoms. The Labute approximate surface area is 139 Å². The van der Waals surface area contributed by atoms with Crippen molar-refractivity contribution in [1.82, 2.24) is 0 Å². The van der Waals surface area contributed by atoms with E-state index in [9.17, 15) is 0 Å². The van der Waals surface area contributed by atoms with Crippen LogP contribution in [0, 0.1) is 0 Å². The molecule has 0 bridgehead atoms. The molecule has 0 saturated heterocycles. The summed E-state index contributed by atoms with van der Waals surface area (Å²) in [5.74, 6) is 0. The number of aryl methyl sites for hydroxylation is 1. The molecule has 3 aromatic carbocycles. The van der Waals surface area contributed by atoms with Crippen molar-refractivity contribution in [3.8, 4) is 0 Å². The van der Waals surface area contributed by atoms with Crippen molar-refractivity contribution in [2.75, 3.05) is 0 Å². The Morgan fingerprint density at radius 3 is 1.82 bits per heavy atom. The highest BCUT2D eigenvalue weighted by atomic mass is 35.5. The van der Waals surface area contributed by atoms with E-state index in [-0.39, 0.29) is 0 Å². The SMILES string of the molecule is Clc1cccc(CC[Si](c2ccccc2)c2ccccc2)c1. The average Bonchev–Trinajstić information content (AvgIpc) is 2.57. The Hall–Kier alpha value is -1.83. The third-order valence-electron chi connectivity index (χ3n) is 3.80. The van der Waals surface area contributed by atoms with Crippen LogP contribution in [0.3, 0.4) is 0 Å². The molecular formula is C20H18ClSi. The maximum Gasteiger partial charge on any atom is 0.121 e. The van der Waals surface area contributed by atoms with E-state index in [1.165, 1.54) is 22.0 Å². The van der Waals surface area contributed by atoms with Crippen LogP contribution in [-0.4, -0.2) is 8.80 Å². The van der Waals surface area contributed by atoms with Gasteiger partial charge in [-0.15, -0.1) is 0 Å². The van der Waals surface area contributed by atoms with Crippen molar-refractivity contribution in [3.05, 3.63) is 95.5 Å². The molecule has 0 unspecified atom stereocenters. The molecular weight excluding hydrogens is 304 g/mol. The second kappa shape index (κ2) is 7.44. The summed E-state index contributed by atoms with van der Waals surface area (Å²) in [4.78, 5) is 0. The summed E-state index contributed by atoms with van der Waals surface area (Å²) in [7, 11) is -0.753. The van der Waals surface area contributed by atoms with Gasteiger partial charge in [0.1, 0.15) is 8.80 Å². The Morgan fingerprint density at radius 1 is 0.682 bits per heavy atom. The summed E-state index contributed by atoms with van der Waals surface area (Å²) in [5, 5.41) is 3.77. The minimum absolute atomic E-state index is 0.753. The zero-order valence-corrected chi connectivity index (χ0v) is 14.1. The molecule has 0 N–H and O–H groups in total. The Balaban J connectivity index is 1.83. The smallest absolute Gasteiger partial charge is 0.0843 e. The topological polar surface area (TPSA) is 0 Å². The maximum absolute atomic E-state index is 6.10. The van der Waals surface area contributed by atoms with Crippen molar-refractivity contribution in [2.24, 2.45) is 0 Å². The molecule has 0 aliphatic rings. The minimum atomic E-state index is -0.753. The van der Waals surface area contributed by atoms with E-state index < -0.39 is 8.80 Å². The first-order valence-electron chi connectivity index (χ1n) is 7.54. The summed E-state index contributed by atoms with van der Waals surface area (Å²) in [5.41, 5.74) is 1.32. The first kappa shape index (κ1) is 15.1. The van der Waals surface area contributed by atoms with Gasteiger partial charge < -0.3 is 0 Å². The van der Waals surface area contributed by atoms with Crippen LogP contribution in [0.4, 0.5) is 0 Å². The van der Waals surface area contributed by atoms with Crippen molar-refractivity contribution in [2.45, 2.75) is 12.5 Å². The van der Waals surface area contributed by atoms with Crippen LogP contribution in [0.1, 0.15) is 5.56 Å². The van der Waals surface area contributed by atoms with Gasteiger partial charge >= 0.3 is 0 Å². The van der Waals surface area contributed by atoms with Crippen LogP contribution in [0.2, 0.25) is 11.1 Å². The summed E-state index contributed by atoms with van der Waals surface area (Å²) >= 11 is 6.10. The van der Waals surface area contributed by atoms with Gasteiger partial charge in [0.25, 0.3) is 0 Å². The molecule has 0 aliphatic heterocycles. The monoisotopic (exact) mass is 321 g/mol. The fraction of sp³-hybridized carbons (Fsp3) is 0.100. The standard InChI is InChI=1S/C20H18ClSi/c21-18-9-7-8-17(16-18)14-15-22(19-10-3-1-4-11-19)20-12-5-2-6-13-20/h1-13,16H,14-15H2. The van der Waals surface area contributed by atoms with E-state index in [1.54, 1.807) is 0 Å². The van der Waals surface area contributed by atoms with Crippen LogP contribution in [0.25, 0.3) is 0 Å². The van der Waals surface area contributed by atoms with Crippen molar-refractivity contribution in [1.29, 1.82) is 0 Å². The van der Waals surface area contributed by atoms with E-state index in [0.29, 0.717) is 0 Å². The van der Waals surface area contributed by atoms with Crippen molar-refractivity contribution in [3.63, 3.8) is 0 Å². The molecule has 3 aromatic rings. The van der Waals surface area contributed by atoms with Gasteiger partial charge in [-0.3, -0.25) is 0 Å². The first-order valence-corrected chi connectivity index (χ1v) is 9.62. The lowest BCUT2D eigenvalue weighted by molar-refractivity contribution is 1.12. The van der Waals surface area contributed by atoms with Crippen molar-refractivity contribution >= 4 is 30.8 Å². The molecule has 22 heavy (non-hydrogen) atoms. The Morgan fingerprint density at radius 2 is 1.27 bits per heavy atom. The summed E-state index contributed by atoms with van der Waals surface area (Å²) in [6.45, 7) is 0. The average molecular weight is 322 g/mol. The lowest BCUT2D eigenvalue weighted by Gasteiger charge is -2.16. The van der Waals surface area contributed by atoms with E-state index in [1.807, 2.05) is 12.1 Å². The number of rotatable bonds is 5. The molecule has 3 rings (SSSR count). The number of hydrogen-bond donors (Lipinski definition) is 0. The maximum atomic E-state index is 6.10. The van der Waals surface area contributed by atoms with Gasteiger partial charge in [0, 0.05) is 5.02 Å². The zero-order chi connectivity index (χ0) is 15.2. The Kier molecular flexibility index (Phi) is 5.10. The highest BCUT2D eigenvalue weighted by Gasteiger charge is 2.16. The fourth-order valence-corrected chi connectivity index (χ4v) is 5.55.